The average Bonchev–Trinajstić information content (AvgIpc) is 2.13. The van der Waals surface area contributed by atoms with E-state index in [9.17, 15) is 18.0 Å². The molecule has 0 aromatic heterocycles. The molecule has 6 heteroatoms. The molecule has 0 bridgehead atoms. The quantitative estimate of drug-likeness (QED) is 0.660. The number of benzene rings is 1. The van der Waals surface area contributed by atoms with Gasteiger partial charge in [0.2, 0.25) is 0 Å². The molecule has 1 aromatic carbocycles. The van der Waals surface area contributed by atoms with Crippen LogP contribution in [0.1, 0.15) is 23.2 Å². The number of rotatable bonds is 3. The smallest absolute Gasteiger partial charge is 0.389 e. The Morgan fingerprint density at radius 3 is 2.50 bits per heavy atom. The van der Waals surface area contributed by atoms with Crippen LogP contribution in [-0.4, -0.2) is 12.0 Å². The first-order valence-corrected chi connectivity index (χ1v) is 4.82. The van der Waals surface area contributed by atoms with Gasteiger partial charge in [0.15, 0.2) is 5.78 Å². The summed E-state index contributed by atoms with van der Waals surface area (Å²) in [6.07, 6.45) is -6.09. The second-order valence-electron chi connectivity index (χ2n) is 3.28. The number of hydrogen-bond acceptors (Lipinski definition) is 2. The summed E-state index contributed by atoms with van der Waals surface area (Å²) >= 11 is 5.69. The first-order valence-electron chi connectivity index (χ1n) is 4.44. The van der Waals surface area contributed by atoms with Crippen molar-refractivity contribution >= 4 is 23.1 Å². The van der Waals surface area contributed by atoms with Gasteiger partial charge in [-0.25, -0.2) is 0 Å². The van der Waals surface area contributed by atoms with Crippen molar-refractivity contribution in [1.82, 2.24) is 0 Å². The van der Waals surface area contributed by atoms with Crippen LogP contribution in [0.5, 0.6) is 0 Å². The highest BCUT2D eigenvalue weighted by Crippen LogP contribution is 2.25. The molecule has 88 valence electrons. The molecule has 0 fully saturated rings. The van der Waals surface area contributed by atoms with Gasteiger partial charge in [-0.15, -0.1) is 0 Å². The third-order valence-corrected chi connectivity index (χ3v) is 2.24. The highest BCUT2D eigenvalue weighted by Gasteiger charge is 2.28. The van der Waals surface area contributed by atoms with Gasteiger partial charge in [0.05, 0.1) is 11.4 Å². The van der Waals surface area contributed by atoms with Crippen molar-refractivity contribution < 1.29 is 18.0 Å². The Labute approximate surface area is 95.2 Å². The molecular formula is C10H9ClF3NO. The number of anilines is 1. The highest BCUT2D eigenvalue weighted by molar-refractivity contribution is 6.34. The Balaban J connectivity index is 2.74. The van der Waals surface area contributed by atoms with Gasteiger partial charge in [-0.3, -0.25) is 4.79 Å². The Morgan fingerprint density at radius 1 is 1.38 bits per heavy atom. The van der Waals surface area contributed by atoms with Crippen LogP contribution in [0.3, 0.4) is 0 Å². The Morgan fingerprint density at radius 2 is 2.00 bits per heavy atom. The Hall–Kier alpha value is -1.23. The van der Waals surface area contributed by atoms with Crippen molar-refractivity contribution in [2.24, 2.45) is 0 Å². The SMILES string of the molecule is Nc1ccc(C(=O)CCC(F)(F)F)c(Cl)c1. The lowest BCUT2D eigenvalue weighted by Gasteiger charge is -2.06. The summed E-state index contributed by atoms with van der Waals surface area (Å²) in [6, 6.07) is 4.09. The highest BCUT2D eigenvalue weighted by atomic mass is 35.5. The Bertz CT molecular complexity index is 404. The standard InChI is InChI=1S/C10H9ClF3NO/c11-8-5-6(15)1-2-7(8)9(16)3-4-10(12,13)14/h1-2,5H,3-4,15H2. The fourth-order valence-corrected chi connectivity index (χ4v) is 1.44. The maximum absolute atomic E-state index is 11.9. The van der Waals surface area contributed by atoms with Gasteiger partial charge >= 0.3 is 6.18 Å². The number of nitrogens with two attached hydrogens (primary N) is 1. The van der Waals surface area contributed by atoms with Crippen LogP contribution in [0.4, 0.5) is 18.9 Å². The second kappa shape index (κ2) is 4.74. The van der Waals surface area contributed by atoms with Gasteiger partial charge in [0, 0.05) is 17.7 Å². The van der Waals surface area contributed by atoms with Crippen LogP contribution < -0.4 is 5.73 Å². The summed E-state index contributed by atoms with van der Waals surface area (Å²) in [4.78, 5) is 11.4. The number of nitrogen functional groups attached to an aromatic ring is 1. The number of ketones is 1. The van der Waals surface area contributed by atoms with Crippen molar-refractivity contribution in [3.8, 4) is 0 Å². The summed E-state index contributed by atoms with van der Waals surface area (Å²) in [5.74, 6) is -0.637. The molecular weight excluding hydrogens is 243 g/mol. The molecule has 0 aliphatic heterocycles. The summed E-state index contributed by atoms with van der Waals surface area (Å²) < 4.78 is 35.7. The number of halogens is 4. The lowest BCUT2D eigenvalue weighted by molar-refractivity contribution is -0.133. The van der Waals surface area contributed by atoms with Gasteiger partial charge in [-0.1, -0.05) is 11.6 Å². The van der Waals surface area contributed by atoms with Gasteiger partial charge in [-0.05, 0) is 18.2 Å². The van der Waals surface area contributed by atoms with E-state index in [1.54, 1.807) is 0 Å². The molecule has 0 aliphatic carbocycles. The fraction of sp³-hybridized carbons (Fsp3) is 0.300. The number of hydrogen-bond donors (Lipinski definition) is 1. The largest absolute Gasteiger partial charge is 0.399 e. The molecule has 2 N–H and O–H groups in total. The average molecular weight is 252 g/mol. The minimum Gasteiger partial charge on any atom is -0.399 e. The minimum absolute atomic E-state index is 0.0696. The molecule has 0 unspecified atom stereocenters. The van der Waals surface area contributed by atoms with E-state index < -0.39 is 24.8 Å². The van der Waals surface area contributed by atoms with Gasteiger partial charge in [0.1, 0.15) is 0 Å². The van der Waals surface area contributed by atoms with Crippen molar-refractivity contribution in [2.75, 3.05) is 5.73 Å². The monoisotopic (exact) mass is 251 g/mol. The maximum Gasteiger partial charge on any atom is 0.389 e. The van der Waals surface area contributed by atoms with E-state index in [1.807, 2.05) is 0 Å². The van der Waals surface area contributed by atoms with E-state index in [4.69, 9.17) is 17.3 Å². The summed E-state index contributed by atoms with van der Waals surface area (Å²) in [5, 5.41) is 0.0761. The Kier molecular flexibility index (Phi) is 3.80. The molecule has 2 nitrogen and oxygen atoms in total. The van der Waals surface area contributed by atoms with E-state index in [0.29, 0.717) is 5.69 Å². The van der Waals surface area contributed by atoms with Crippen molar-refractivity contribution in [3.05, 3.63) is 28.8 Å². The van der Waals surface area contributed by atoms with E-state index in [0.717, 1.165) is 0 Å². The van der Waals surface area contributed by atoms with E-state index >= 15 is 0 Å². The van der Waals surface area contributed by atoms with Crippen LogP contribution >= 0.6 is 11.6 Å². The molecule has 0 saturated carbocycles. The zero-order chi connectivity index (χ0) is 12.3. The molecule has 1 aromatic rings. The van der Waals surface area contributed by atoms with Gasteiger partial charge in [-0.2, -0.15) is 13.2 Å². The molecule has 0 aliphatic rings. The van der Waals surface area contributed by atoms with Crippen LogP contribution in [-0.2, 0) is 0 Å². The van der Waals surface area contributed by atoms with Crippen molar-refractivity contribution in [1.29, 1.82) is 0 Å². The predicted molar refractivity (Wildman–Crippen MR) is 55.5 cm³/mol. The molecule has 0 saturated heterocycles. The zero-order valence-electron chi connectivity index (χ0n) is 8.14. The first-order chi connectivity index (χ1) is 7.29. The van der Waals surface area contributed by atoms with Gasteiger partial charge in [0.25, 0.3) is 0 Å². The van der Waals surface area contributed by atoms with E-state index in [1.165, 1.54) is 18.2 Å². The normalized spacial score (nSPS) is 11.5. The number of carbonyl (C=O) groups excluding carboxylic acids is 1. The van der Waals surface area contributed by atoms with Crippen LogP contribution in [0, 0.1) is 0 Å². The zero-order valence-corrected chi connectivity index (χ0v) is 8.90. The van der Waals surface area contributed by atoms with E-state index in [2.05, 4.69) is 0 Å². The predicted octanol–water partition coefficient (Wildman–Crippen LogP) is 3.45. The van der Waals surface area contributed by atoms with Crippen LogP contribution in [0.15, 0.2) is 18.2 Å². The third-order valence-electron chi connectivity index (χ3n) is 1.93. The third kappa shape index (κ3) is 3.73. The number of carbonyl (C=O) groups is 1. The summed E-state index contributed by atoms with van der Waals surface area (Å²) in [5.41, 5.74) is 5.82. The van der Waals surface area contributed by atoms with Crippen LogP contribution in [0.2, 0.25) is 5.02 Å². The van der Waals surface area contributed by atoms with E-state index in [-0.39, 0.29) is 10.6 Å². The first kappa shape index (κ1) is 12.8. The lowest BCUT2D eigenvalue weighted by Crippen LogP contribution is -2.11. The van der Waals surface area contributed by atoms with Gasteiger partial charge < -0.3 is 5.73 Å². The molecule has 16 heavy (non-hydrogen) atoms. The molecule has 0 atom stereocenters. The molecule has 1 rings (SSSR count). The molecule has 0 heterocycles. The lowest BCUT2D eigenvalue weighted by atomic mass is 10.1. The molecule has 0 spiro atoms. The van der Waals surface area contributed by atoms with Crippen molar-refractivity contribution in [2.45, 2.75) is 19.0 Å². The van der Waals surface area contributed by atoms with Crippen LogP contribution in [0.25, 0.3) is 0 Å². The molecule has 0 radical (unpaired) electrons. The van der Waals surface area contributed by atoms with Crippen molar-refractivity contribution in [3.63, 3.8) is 0 Å². The molecule has 0 amide bonds. The topological polar surface area (TPSA) is 43.1 Å². The summed E-state index contributed by atoms with van der Waals surface area (Å²) in [6.45, 7) is 0. The second-order valence-corrected chi connectivity index (χ2v) is 3.68. The maximum atomic E-state index is 11.9. The summed E-state index contributed by atoms with van der Waals surface area (Å²) in [7, 11) is 0. The fourth-order valence-electron chi connectivity index (χ4n) is 1.15. The minimum atomic E-state index is -4.34. The number of Topliss-reactive ketones (excluding diaryl/α,β-unsaturated/α-hetero) is 1. The number of alkyl halides is 3.